The highest BCUT2D eigenvalue weighted by molar-refractivity contribution is 5.78. The average Bonchev–Trinajstić information content (AvgIpc) is 2.74. The molecule has 2 aliphatic heterocycles. The number of amides is 1. The highest BCUT2D eigenvalue weighted by Gasteiger charge is 2.36. The van der Waals surface area contributed by atoms with Gasteiger partial charge in [-0.05, 0) is 55.9 Å². The third kappa shape index (κ3) is 4.23. The van der Waals surface area contributed by atoms with E-state index in [9.17, 15) is 4.79 Å². The number of piperazine rings is 1. The summed E-state index contributed by atoms with van der Waals surface area (Å²) in [6.07, 6.45) is 7.73. The van der Waals surface area contributed by atoms with Crippen LogP contribution in [-0.4, -0.2) is 68.1 Å². The first-order valence-electron chi connectivity index (χ1n) is 10.7. The maximum absolute atomic E-state index is 13.0. The van der Waals surface area contributed by atoms with E-state index in [2.05, 4.69) is 26.8 Å². The molecular formula is C22H33N3O2. The number of benzene rings is 1. The first kappa shape index (κ1) is 18.6. The summed E-state index contributed by atoms with van der Waals surface area (Å²) in [5.74, 6) is 2.03. The Hall–Kier alpha value is -1.75. The van der Waals surface area contributed by atoms with E-state index in [1.54, 1.807) is 7.11 Å². The summed E-state index contributed by atoms with van der Waals surface area (Å²) in [7, 11) is 1.70. The van der Waals surface area contributed by atoms with E-state index in [1.165, 1.54) is 44.2 Å². The van der Waals surface area contributed by atoms with Crippen LogP contribution in [0.25, 0.3) is 0 Å². The van der Waals surface area contributed by atoms with Crippen LogP contribution < -0.4 is 9.64 Å². The molecule has 2 saturated heterocycles. The van der Waals surface area contributed by atoms with Gasteiger partial charge in [-0.25, -0.2) is 0 Å². The van der Waals surface area contributed by atoms with Crippen LogP contribution in [0.5, 0.6) is 5.75 Å². The van der Waals surface area contributed by atoms with Crippen molar-refractivity contribution in [3.8, 4) is 5.75 Å². The fourth-order valence-corrected chi connectivity index (χ4v) is 5.17. The van der Waals surface area contributed by atoms with Crippen molar-refractivity contribution in [2.75, 3.05) is 51.3 Å². The van der Waals surface area contributed by atoms with Gasteiger partial charge in [-0.15, -0.1) is 0 Å². The highest BCUT2D eigenvalue weighted by atomic mass is 16.5. The molecule has 1 aromatic carbocycles. The molecule has 1 saturated carbocycles. The molecule has 2 heterocycles. The van der Waals surface area contributed by atoms with Gasteiger partial charge >= 0.3 is 0 Å². The number of hydrogen-bond donors (Lipinski definition) is 0. The van der Waals surface area contributed by atoms with Crippen LogP contribution in [0.2, 0.25) is 0 Å². The minimum absolute atomic E-state index is 0.365. The van der Waals surface area contributed by atoms with Crippen LogP contribution in [-0.2, 0) is 4.79 Å². The van der Waals surface area contributed by atoms with Crippen LogP contribution in [0.4, 0.5) is 5.69 Å². The van der Waals surface area contributed by atoms with Crippen LogP contribution in [0.3, 0.4) is 0 Å². The number of carbonyl (C=O) groups is 1. The van der Waals surface area contributed by atoms with Crippen LogP contribution >= 0.6 is 0 Å². The molecule has 2 atom stereocenters. The van der Waals surface area contributed by atoms with Crippen LogP contribution in [0.1, 0.15) is 38.5 Å². The average molecular weight is 372 g/mol. The number of ether oxygens (including phenoxy) is 1. The molecule has 0 bridgehead atoms. The number of fused-ring (bicyclic) bond motifs is 1. The lowest BCUT2D eigenvalue weighted by atomic mass is 9.78. The van der Waals surface area contributed by atoms with E-state index >= 15 is 0 Å². The minimum atomic E-state index is 0.365. The maximum atomic E-state index is 13.0. The van der Waals surface area contributed by atoms with Crippen molar-refractivity contribution in [3.63, 3.8) is 0 Å². The molecule has 1 amide bonds. The second-order valence-electron chi connectivity index (χ2n) is 8.30. The molecule has 0 spiro atoms. The van der Waals surface area contributed by atoms with Gasteiger partial charge in [0.25, 0.3) is 0 Å². The molecular weight excluding hydrogens is 338 g/mol. The Bertz CT molecular complexity index is 623. The number of methoxy groups -OCH3 is 1. The first-order chi connectivity index (χ1) is 13.2. The fraction of sp³-hybridized carbons (Fsp3) is 0.682. The lowest BCUT2D eigenvalue weighted by Gasteiger charge is -2.45. The van der Waals surface area contributed by atoms with Gasteiger partial charge in [0.05, 0.1) is 13.7 Å². The van der Waals surface area contributed by atoms with E-state index < -0.39 is 0 Å². The Morgan fingerprint density at radius 3 is 2.41 bits per heavy atom. The fourth-order valence-electron chi connectivity index (χ4n) is 5.17. The Morgan fingerprint density at radius 1 is 0.963 bits per heavy atom. The van der Waals surface area contributed by atoms with Crippen molar-refractivity contribution in [2.45, 2.75) is 44.6 Å². The van der Waals surface area contributed by atoms with E-state index in [0.717, 1.165) is 44.4 Å². The second kappa shape index (κ2) is 8.51. The first-order valence-corrected chi connectivity index (χ1v) is 10.7. The zero-order valence-corrected chi connectivity index (χ0v) is 16.6. The Kier molecular flexibility index (Phi) is 5.86. The smallest absolute Gasteiger partial charge is 0.237 e. The van der Waals surface area contributed by atoms with Crippen molar-refractivity contribution in [3.05, 3.63) is 24.3 Å². The summed E-state index contributed by atoms with van der Waals surface area (Å²) in [5, 5.41) is 0. The molecule has 3 fully saturated rings. The number of rotatable bonds is 4. The highest BCUT2D eigenvalue weighted by Crippen LogP contribution is 2.35. The molecule has 5 heteroatoms. The molecule has 3 aliphatic rings. The molecule has 5 nitrogen and oxygen atoms in total. The molecule has 1 aliphatic carbocycles. The normalized spacial score (nSPS) is 26.6. The standard InChI is InChI=1S/C22H33N3O2/c1-27-20-10-8-19(9-11-20)24-15-13-23(14-16-24)17-22(26)25-12-4-6-18-5-2-3-7-21(18)25/h8-11,18,21H,2-7,12-17H2,1H3/t18-,21-/m1/s1. The zero-order chi connectivity index (χ0) is 18.6. The van der Waals surface area contributed by atoms with Crippen molar-refractivity contribution in [1.29, 1.82) is 0 Å². The minimum Gasteiger partial charge on any atom is -0.497 e. The predicted octanol–water partition coefficient (Wildman–Crippen LogP) is 3.00. The van der Waals surface area contributed by atoms with Gasteiger partial charge in [-0.2, -0.15) is 0 Å². The number of piperidine rings is 1. The van der Waals surface area contributed by atoms with Gasteiger partial charge in [-0.3, -0.25) is 9.69 Å². The molecule has 0 aromatic heterocycles. The third-order valence-corrected chi connectivity index (χ3v) is 6.73. The molecule has 4 rings (SSSR count). The lowest BCUT2D eigenvalue weighted by molar-refractivity contribution is -0.138. The Balaban J connectivity index is 1.28. The van der Waals surface area contributed by atoms with Crippen molar-refractivity contribution in [2.24, 2.45) is 5.92 Å². The molecule has 148 valence electrons. The SMILES string of the molecule is COc1ccc(N2CCN(CC(=O)N3CCC[C@H]4CCCC[C@H]43)CC2)cc1. The maximum Gasteiger partial charge on any atom is 0.237 e. The molecule has 0 N–H and O–H groups in total. The zero-order valence-electron chi connectivity index (χ0n) is 16.6. The molecule has 27 heavy (non-hydrogen) atoms. The number of anilines is 1. The summed E-state index contributed by atoms with van der Waals surface area (Å²) in [4.78, 5) is 20.0. The van der Waals surface area contributed by atoms with Gasteiger partial charge in [0.1, 0.15) is 5.75 Å². The Morgan fingerprint density at radius 2 is 1.67 bits per heavy atom. The van der Waals surface area contributed by atoms with Crippen LogP contribution in [0.15, 0.2) is 24.3 Å². The number of likely N-dealkylation sites (tertiary alicyclic amines) is 1. The quantitative estimate of drug-likeness (QED) is 0.815. The lowest BCUT2D eigenvalue weighted by Crippen LogP contribution is -2.54. The molecule has 1 aromatic rings. The Labute approximate surface area is 163 Å². The third-order valence-electron chi connectivity index (χ3n) is 6.73. The topological polar surface area (TPSA) is 36.0 Å². The van der Waals surface area contributed by atoms with Gasteiger partial charge in [-0.1, -0.05) is 12.8 Å². The second-order valence-corrected chi connectivity index (χ2v) is 8.30. The van der Waals surface area contributed by atoms with Gasteiger partial charge in [0, 0.05) is 44.5 Å². The summed E-state index contributed by atoms with van der Waals surface area (Å²) in [6.45, 7) is 5.45. The summed E-state index contributed by atoms with van der Waals surface area (Å²) in [6, 6.07) is 8.80. The van der Waals surface area contributed by atoms with E-state index in [0.29, 0.717) is 18.5 Å². The van der Waals surface area contributed by atoms with E-state index in [-0.39, 0.29) is 0 Å². The van der Waals surface area contributed by atoms with E-state index in [4.69, 9.17) is 4.74 Å². The monoisotopic (exact) mass is 371 g/mol. The van der Waals surface area contributed by atoms with Crippen molar-refractivity contribution in [1.82, 2.24) is 9.80 Å². The van der Waals surface area contributed by atoms with Crippen molar-refractivity contribution < 1.29 is 9.53 Å². The number of nitrogens with zero attached hydrogens (tertiary/aromatic N) is 3. The summed E-state index contributed by atoms with van der Waals surface area (Å²) < 4.78 is 5.24. The number of carbonyl (C=O) groups excluding carboxylic acids is 1. The van der Waals surface area contributed by atoms with Gasteiger partial charge < -0.3 is 14.5 Å². The van der Waals surface area contributed by atoms with Gasteiger partial charge in [0.2, 0.25) is 5.91 Å². The van der Waals surface area contributed by atoms with Crippen molar-refractivity contribution >= 4 is 11.6 Å². The van der Waals surface area contributed by atoms with Crippen LogP contribution in [0, 0.1) is 5.92 Å². The van der Waals surface area contributed by atoms with Gasteiger partial charge in [0.15, 0.2) is 0 Å². The summed E-state index contributed by atoms with van der Waals surface area (Å²) in [5.41, 5.74) is 1.24. The van der Waals surface area contributed by atoms with E-state index in [1.807, 2.05) is 12.1 Å². The largest absolute Gasteiger partial charge is 0.497 e. The number of hydrogen-bond acceptors (Lipinski definition) is 4. The molecule has 0 radical (unpaired) electrons. The predicted molar refractivity (Wildman–Crippen MR) is 108 cm³/mol. The summed E-state index contributed by atoms with van der Waals surface area (Å²) >= 11 is 0. The molecule has 0 unspecified atom stereocenters.